The highest BCUT2D eigenvalue weighted by Gasteiger charge is 2.57. The van der Waals surface area contributed by atoms with Crippen LogP contribution in [0.4, 0.5) is 0 Å². The van der Waals surface area contributed by atoms with Gasteiger partial charge in [0, 0.05) is 18.2 Å². The van der Waals surface area contributed by atoms with E-state index in [4.69, 9.17) is 15.8 Å². The molecule has 2 bridgehead atoms. The van der Waals surface area contributed by atoms with Crippen molar-refractivity contribution < 1.29 is 4.42 Å². The van der Waals surface area contributed by atoms with Crippen LogP contribution in [0.15, 0.2) is 34.7 Å². The molecule has 0 amide bonds. The van der Waals surface area contributed by atoms with Gasteiger partial charge in [-0.1, -0.05) is 44.9 Å². The van der Waals surface area contributed by atoms with Crippen LogP contribution in [0.1, 0.15) is 45.1 Å². The number of oxazole rings is 1. The van der Waals surface area contributed by atoms with Gasteiger partial charge in [0.1, 0.15) is 5.76 Å². The van der Waals surface area contributed by atoms with Gasteiger partial charge in [0.05, 0.1) is 12.2 Å². The predicted octanol–water partition coefficient (Wildman–Crippen LogP) is 5.16. The van der Waals surface area contributed by atoms with Gasteiger partial charge in [-0.25, -0.2) is 4.98 Å². The van der Waals surface area contributed by atoms with Crippen LogP contribution in [0.5, 0.6) is 0 Å². The average molecular weight is 363 g/mol. The van der Waals surface area contributed by atoms with E-state index in [1.54, 1.807) is 0 Å². The molecule has 3 saturated carbocycles. The Kier molecular flexibility index (Phi) is 4.64. The number of rotatable bonds is 5. The molecule has 2 aromatic rings. The summed E-state index contributed by atoms with van der Waals surface area (Å²) < 4.78 is 5.97. The van der Waals surface area contributed by atoms with Crippen molar-refractivity contribution in [2.45, 2.75) is 53.1 Å². The van der Waals surface area contributed by atoms with E-state index in [2.05, 4.69) is 31.6 Å². The van der Waals surface area contributed by atoms with Crippen LogP contribution in [0.2, 0.25) is 0 Å². The van der Waals surface area contributed by atoms with Crippen LogP contribution < -0.4 is 0 Å². The number of nitrogens with zero attached hydrogens (tertiary/aromatic N) is 2. The maximum absolute atomic E-state index is 5.97. The molecule has 0 N–H and O–H groups in total. The van der Waals surface area contributed by atoms with Gasteiger partial charge in [-0.05, 0) is 55.1 Å². The minimum Gasteiger partial charge on any atom is -0.441 e. The van der Waals surface area contributed by atoms with Gasteiger partial charge in [-0.15, -0.1) is 6.42 Å². The molecule has 1 heterocycles. The average Bonchev–Trinajstić information content (AvgIpc) is 3.02. The fraction of sp³-hybridized carbons (Fsp3) is 0.542. The summed E-state index contributed by atoms with van der Waals surface area (Å²) in [6, 6.07) is 10.6. The van der Waals surface area contributed by atoms with E-state index < -0.39 is 0 Å². The topological polar surface area (TPSA) is 29.3 Å². The Hall–Kier alpha value is -2.05. The van der Waals surface area contributed by atoms with E-state index >= 15 is 0 Å². The predicted molar refractivity (Wildman–Crippen MR) is 109 cm³/mol. The highest BCUT2D eigenvalue weighted by atomic mass is 16.4. The Labute approximate surface area is 163 Å². The van der Waals surface area contributed by atoms with Gasteiger partial charge in [0.15, 0.2) is 0 Å². The number of hydrogen-bond donors (Lipinski definition) is 0. The summed E-state index contributed by atoms with van der Waals surface area (Å²) in [7, 11) is 0. The van der Waals surface area contributed by atoms with Crippen molar-refractivity contribution in [3.05, 3.63) is 41.8 Å². The molecule has 0 spiro atoms. The largest absolute Gasteiger partial charge is 0.441 e. The maximum Gasteiger partial charge on any atom is 0.226 e. The standard InChI is InChI=1S/C24H30N2O/c1-6-12-26(22-14-19-13-20(16(22)2)24(19,4)5)15-21-17(3)27-23(25-21)18-10-8-7-9-11-18/h1,7-11,16,19-20,22H,12-15H2,2-5H3/t16-,19+,20-,22-/m1/s1. The molecule has 3 aliphatic carbocycles. The summed E-state index contributed by atoms with van der Waals surface area (Å²) >= 11 is 0. The lowest BCUT2D eigenvalue weighted by molar-refractivity contribution is -0.138. The lowest BCUT2D eigenvalue weighted by Gasteiger charge is -2.63. The van der Waals surface area contributed by atoms with Gasteiger partial charge in [-0.3, -0.25) is 4.90 Å². The van der Waals surface area contributed by atoms with Crippen LogP contribution in [0.3, 0.4) is 0 Å². The lowest BCUT2D eigenvalue weighted by atomic mass is 9.44. The van der Waals surface area contributed by atoms with Crippen molar-refractivity contribution in [2.24, 2.45) is 23.2 Å². The molecule has 1 aromatic carbocycles. The monoisotopic (exact) mass is 362 g/mol. The maximum atomic E-state index is 5.97. The first kappa shape index (κ1) is 18.3. The van der Waals surface area contributed by atoms with Crippen molar-refractivity contribution in [1.82, 2.24) is 9.88 Å². The third kappa shape index (κ3) is 3.11. The van der Waals surface area contributed by atoms with Crippen LogP contribution in [-0.4, -0.2) is 22.5 Å². The van der Waals surface area contributed by atoms with E-state index in [-0.39, 0.29) is 0 Å². The molecule has 142 valence electrons. The van der Waals surface area contributed by atoms with Crippen molar-refractivity contribution in [2.75, 3.05) is 6.54 Å². The SMILES string of the molecule is C#CCN(Cc1nc(-c2ccccc2)oc1C)[C@@H]1C[C@@H]2C[C@H]([C@H]1C)C2(C)C. The van der Waals surface area contributed by atoms with Gasteiger partial charge < -0.3 is 4.42 Å². The molecule has 4 atom stereocenters. The summed E-state index contributed by atoms with van der Waals surface area (Å²) in [4.78, 5) is 7.26. The Morgan fingerprint density at radius 3 is 2.63 bits per heavy atom. The smallest absolute Gasteiger partial charge is 0.226 e. The zero-order valence-corrected chi connectivity index (χ0v) is 16.9. The number of terminal acetylenes is 1. The normalized spacial score (nSPS) is 28.6. The second-order valence-electron chi connectivity index (χ2n) is 9.02. The van der Waals surface area contributed by atoms with Crippen molar-refractivity contribution in [3.8, 4) is 23.8 Å². The Bertz CT molecular complexity index is 845. The molecular formula is C24H30N2O. The van der Waals surface area contributed by atoms with E-state index in [1.807, 2.05) is 37.3 Å². The van der Waals surface area contributed by atoms with E-state index in [9.17, 15) is 0 Å². The summed E-state index contributed by atoms with van der Waals surface area (Å²) in [5.74, 6) is 6.77. The van der Waals surface area contributed by atoms with Crippen molar-refractivity contribution in [1.29, 1.82) is 0 Å². The Morgan fingerprint density at radius 1 is 1.26 bits per heavy atom. The first-order chi connectivity index (χ1) is 12.9. The minimum absolute atomic E-state index is 0.488. The molecule has 27 heavy (non-hydrogen) atoms. The second-order valence-corrected chi connectivity index (χ2v) is 9.02. The first-order valence-corrected chi connectivity index (χ1v) is 10.1. The van der Waals surface area contributed by atoms with Crippen LogP contribution in [0.25, 0.3) is 11.5 Å². The molecule has 0 unspecified atom stereocenters. The number of fused-ring (bicyclic) bond motifs is 2. The molecule has 5 rings (SSSR count). The molecule has 0 aliphatic heterocycles. The van der Waals surface area contributed by atoms with E-state index in [0.717, 1.165) is 35.4 Å². The molecular weight excluding hydrogens is 332 g/mol. The molecule has 1 aromatic heterocycles. The summed E-state index contributed by atoms with van der Waals surface area (Å²) in [6.45, 7) is 10.7. The van der Waals surface area contributed by atoms with Gasteiger partial charge >= 0.3 is 0 Å². The lowest BCUT2D eigenvalue weighted by Crippen LogP contribution is -2.60. The second kappa shape index (κ2) is 6.84. The van der Waals surface area contributed by atoms with Gasteiger partial charge in [-0.2, -0.15) is 0 Å². The molecule has 0 saturated heterocycles. The van der Waals surface area contributed by atoms with Crippen molar-refractivity contribution in [3.63, 3.8) is 0 Å². The minimum atomic E-state index is 0.488. The fourth-order valence-corrected chi connectivity index (χ4v) is 5.48. The fourth-order valence-electron chi connectivity index (χ4n) is 5.48. The quantitative estimate of drug-likeness (QED) is 0.688. The van der Waals surface area contributed by atoms with Crippen LogP contribution in [-0.2, 0) is 6.54 Å². The summed E-state index contributed by atoms with van der Waals surface area (Å²) in [5, 5.41) is 0. The first-order valence-electron chi connectivity index (χ1n) is 10.1. The Balaban J connectivity index is 1.55. The Morgan fingerprint density at radius 2 is 2.00 bits per heavy atom. The van der Waals surface area contributed by atoms with E-state index in [1.165, 1.54) is 12.8 Å². The molecule has 3 nitrogen and oxygen atoms in total. The molecule has 3 fully saturated rings. The number of benzene rings is 1. The number of aromatic nitrogens is 1. The van der Waals surface area contributed by atoms with Gasteiger partial charge in [0.25, 0.3) is 0 Å². The van der Waals surface area contributed by atoms with Gasteiger partial charge in [0.2, 0.25) is 5.89 Å². The van der Waals surface area contributed by atoms with Crippen LogP contribution in [0, 0.1) is 42.4 Å². The molecule has 3 heteroatoms. The van der Waals surface area contributed by atoms with Crippen LogP contribution >= 0.6 is 0 Å². The molecule has 0 radical (unpaired) electrons. The highest BCUT2D eigenvalue weighted by Crippen LogP contribution is 2.62. The number of aryl methyl sites for hydroxylation is 1. The highest BCUT2D eigenvalue weighted by molar-refractivity contribution is 5.53. The summed E-state index contributed by atoms with van der Waals surface area (Å²) in [5.41, 5.74) is 2.52. The van der Waals surface area contributed by atoms with Crippen molar-refractivity contribution >= 4 is 0 Å². The summed E-state index contributed by atoms with van der Waals surface area (Å²) in [6.07, 6.45) is 8.36. The zero-order valence-electron chi connectivity index (χ0n) is 16.9. The number of hydrogen-bond acceptors (Lipinski definition) is 3. The molecule has 3 aliphatic rings. The zero-order chi connectivity index (χ0) is 19.2. The van der Waals surface area contributed by atoms with E-state index in [0.29, 0.717) is 29.8 Å². The third-order valence-corrected chi connectivity index (χ3v) is 7.34. The third-order valence-electron chi connectivity index (χ3n) is 7.34.